The normalized spacial score (nSPS) is 31.4. The van der Waals surface area contributed by atoms with Crippen molar-refractivity contribution >= 4 is 11.9 Å². The maximum Gasteiger partial charge on any atom is 0.308 e. The van der Waals surface area contributed by atoms with Crippen LogP contribution in [0, 0.1) is 23.2 Å². The minimum atomic E-state index is -0.787. The maximum absolute atomic E-state index is 12.8. The predicted octanol–water partition coefficient (Wildman–Crippen LogP) is 1.19. The van der Waals surface area contributed by atoms with Gasteiger partial charge < -0.3 is 15.3 Å². The Kier molecular flexibility index (Phi) is 4.37. The molecule has 0 saturated carbocycles. The number of rotatable bonds is 3. The molecule has 20 heavy (non-hydrogen) atoms. The smallest absolute Gasteiger partial charge is 0.308 e. The molecule has 2 heterocycles. The van der Waals surface area contributed by atoms with Crippen LogP contribution in [-0.4, -0.2) is 48.1 Å². The molecule has 2 saturated heterocycles. The standard InChI is InChI=1S/C15H26N2O3/c1-10-8-17(9-12(10)13(18)19)14(20)15(2,3)11-5-4-6-16-7-11/h10-12,16H,4-9H2,1-3H3,(H,18,19). The number of likely N-dealkylation sites (tertiary alicyclic amines) is 1. The van der Waals surface area contributed by atoms with Gasteiger partial charge in [0.2, 0.25) is 5.91 Å². The first-order chi connectivity index (χ1) is 9.34. The molecule has 0 aromatic heterocycles. The van der Waals surface area contributed by atoms with Crippen molar-refractivity contribution < 1.29 is 14.7 Å². The summed E-state index contributed by atoms with van der Waals surface area (Å²) < 4.78 is 0. The van der Waals surface area contributed by atoms with Crippen molar-refractivity contribution in [2.75, 3.05) is 26.2 Å². The van der Waals surface area contributed by atoms with E-state index >= 15 is 0 Å². The van der Waals surface area contributed by atoms with Crippen molar-refractivity contribution in [1.29, 1.82) is 0 Å². The lowest BCUT2D eigenvalue weighted by atomic mass is 9.74. The van der Waals surface area contributed by atoms with Crippen LogP contribution in [0.3, 0.4) is 0 Å². The minimum Gasteiger partial charge on any atom is -0.481 e. The van der Waals surface area contributed by atoms with Crippen molar-refractivity contribution in [2.45, 2.75) is 33.6 Å². The lowest BCUT2D eigenvalue weighted by Gasteiger charge is -2.38. The summed E-state index contributed by atoms with van der Waals surface area (Å²) in [6.07, 6.45) is 2.17. The number of hydrogen-bond acceptors (Lipinski definition) is 3. The molecule has 5 nitrogen and oxygen atoms in total. The van der Waals surface area contributed by atoms with Crippen LogP contribution in [0.15, 0.2) is 0 Å². The Hall–Kier alpha value is -1.10. The molecular weight excluding hydrogens is 256 g/mol. The van der Waals surface area contributed by atoms with Crippen LogP contribution in [0.25, 0.3) is 0 Å². The largest absolute Gasteiger partial charge is 0.481 e. The summed E-state index contributed by atoms with van der Waals surface area (Å²) >= 11 is 0. The molecule has 0 aromatic rings. The van der Waals surface area contributed by atoms with E-state index in [9.17, 15) is 14.7 Å². The zero-order chi connectivity index (χ0) is 14.9. The quantitative estimate of drug-likeness (QED) is 0.816. The molecule has 0 bridgehead atoms. The van der Waals surface area contributed by atoms with Gasteiger partial charge in [-0.1, -0.05) is 20.8 Å². The van der Waals surface area contributed by atoms with Gasteiger partial charge in [-0.25, -0.2) is 0 Å². The van der Waals surface area contributed by atoms with Crippen molar-refractivity contribution in [3.8, 4) is 0 Å². The third-order valence-electron chi connectivity index (χ3n) is 5.09. The van der Waals surface area contributed by atoms with Crippen molar-refractivity contribution in [3.63, 3.8) is 0 Å². The van der Waals surface area contributed by atoms with E-state index < -0.39 is 17.3 Å². The first-order valence-electron chi connectivity index (χ1n) is 7.57. The van der Waals surface area contributed by atoms with Crippen LogP contribution in [0.1, 0.15) is 33.6 Å². The highest BCUT2D eigenvalue weighted by Gasteiger charge is 2.44. The third kappa shape index (κ3) is 2.82. The second kappa shape index (κ2) is 5.72. The highest BCUT2D eigenvalue weighted by Crippen LogP contribution is 2.36. The number of amides is 1. The lowest BCUT2D eigenvalue weighted by Crippen LogP contribution is -2.48. The van der Waals surface area contributed by atoms with Gasteiger partial charge in [-0.15, -0.1) is 0 Å². The average Bonchev–Trinajstić information content (AvgIpc) is 2.81. The zero-order valence-corrected chi connectivity index (χ0v) is 12.7. The topological polar surface area (TPSA) is 69.6 Å². The highest BCUT2D eigenvalue weighted by atomic mass is 16.4. The van der Waals surface area contributed by atoms with Gasteiger partial charge in [0.1, 0.15) is 0 Å². The molecular formula is C15H26N2O3. The Labute approximate surface area is 120 Å². The Bertz CT molecular complexity index is 389. The van der Waals surface area contributed by atoms with E-state index in [4.69, 9.17) is 0 Å². The molecule has 0 radical (unpaired) electrons. The number of nitrogens with one attached hydrogen (secondary N) is 1. The fourth-order valence-electron chi connectivity index (χ4n) is 3.50. The van der Waals surface area contributed by atoms with Crippen LogP contribution >= 0.6 is 0 Å². The van der Waals surface area contributed by atoms with Crippen LogP contribution in [0.2, 0.25) is 0 Å². The Morgan fingerprint density at radius 2 is 2.00 bits per heavy atom. The highest BCUT2D eigenvalue weighted by molar-refractivity contribution is 5.84. The van der Waals surface area contributed by atoms with E-state index in [1.165, 1.54) is 0 Å². The minimum absolute atomic E-state index is 0.0386. The van der Waals surface area contributed by atoms with E-state index in [0.29, 0.717) is 19.0 Å². The van der Waals surface area contributed by atoms with Crippen molar-refractivity contribution in [2.24, 2.45) is 23.2 Å². The number of carboxylic acids is 1. The van der Waals surface area contributed by atoms with Crippen molar-refractivity contribution in [3.05, 3.63) is 0 Å². The number of piperidine rings is 1. The molecule has 3 atom stereocenters. The van der Waals surface area contributed by atoms with Crippen molar-refractivity contribution in [1.82, 2.24) is 10.2 Å². The van der Waals surface area contributed by atoms with E-state index in [0.717, 1.165) is 25.9 Å². The number of aliphatic carboxylic acids is 1. The molecule has 2 aliphatic rings. The monoisotopic (exact) mass is 282 g/mol. The molecule has 0 aliphatic carbocycles. The summed E-state index contributed by atoms with van der Waals surface area (Å²) in [5, 5.41) is 12.5. The van der Waals surface area contributed by atoms with Gasteiger partial charge in [-0.05, 0) is 37.8 Å². The van der Waals surface area contributed by atoms with E-state index in [1.54, 1.807) is 4.90 Å². The van der Waals surface area contributed by atoms with Crippen LogP contribution < -0.4 is 5.32 Å². The summed E-state index contributed by atoms with van der Waals surface area (Å²) in [6, 6.07) is 0. The van der Waals surface area contributed by atoms with Crippen LogP contribution in [0.4, 0.5) is 0 Å². The number of carboxylic acid groups (broad SMARTS) is 1. The van der Waals surface area contributed by atoms with E-state index in [1.807, 2.05) is 20.8 Å². The van der Waals surface area contributed by atoms with Gasteiger partial charge in [0.05, 0.1) is 5.92 Å². The van der Waals surface area contributed by atoms with Gasteiger partial charge in [-0.3, -0.25) is 9.59 Å². The Morgan fingerprint density at radius 1 is 1.30 bits per heavy atom. The fraction of sp³-hybridized carbons (Fsp3) is 0.867. The summed E-state index contributed by atoms with van der Waals surface area (Å²) in [6.45, 7) is 8.77. The fourth-order valence-corrected chi connectivity index (χ4v) is 3.50. The molecule has 1 amide bonds. The van der Waals surface area contributed by atoms with E-state index in [-0.39, 0.29) is 11.8 Å². The Morgan fingerprint density at radius 3 is 2.50 bits per heavy atom. The molecule has 2 rings (SSSR count). The predicted molar refractivity (Wildman–Crippen MR) is 76.2 cm³/mol. The second-order valence-electron chi connectivity index (χ2n) is 6.90. The second-order valence-corrected chi connectivity index (χ2v) is 6.90. The van der Waals surface area contributed by atoms with E-state index in [2.05, 4.69) is 5.32 Å². The SMILES string of the molecule is CC1CN(C(=O)C(C)(C)C2CCCNC2)CC1C(=O)O. The third-order valence-corrected chi connectivity index (χ3v) is 5.09. The van der Waals surface area contributed by atoms with Crippen LogP contribution in [0.5, 0.6) is 0 Å². The Balaban J connectivity index is 2.05. The van der Waals surface area contributed by atoms with Gasteiger partial charge in [-0.2, -0.15) is 0 Å². The molecule has 2 fully saturated rings. The number of nitrogens with zero attached hydrogens (tertiary/aromatic N) is 1. The number of hydrogen-bond donors (Lipinski definition) is 2. The molecule has 2 aliphatic heterocycles. The van der Waals surface area contributed by atoms with Gasteiger partial charge >= 0.3 is 5.97 Å². The first-order valence-corrected chi connectivity index (χ1v) is 7.57. The summed E-state index contributed by atoms with van der Waals surface area (Å²) in [5.41, 5.74) is -0.416. The molecule has 2 N–H and O–H groups in total. The number of carbonyl (C=O) groups is 2. The number of carbonyl (C=O) groups excluding carboxylic acids is 1. The summed E-state index contributed by atoms with van der Waals surface area (Å²) in [5.74, 6) is -0.717. The maximum atomic E-state index is 12.8. The molecule has 5 heteroatoms. The molecule has 114 valence electrons. The summed E-state index contributed by atoms with van der Waals surface area (Å²) in [4.78, 5) is 25.7. The average molecular weight is 282 g/mol. The lowest BCUT2D eigenvalue weighted by molar-refractivity contribution is -0.144. The molecule has 0 aromatic carbocycles. The van der Waals surface area contributed by atoms with Gasteiger partial charge in [0, 0.05) is 18.5 Å². The van der Waals surface area contributed by atoms with Crippen LogP contribution in [-0.2, 0) is 9.59 Å². The molecule has 3 unspecified atom stereocenters. The first kappa shape index (κ1) is 15.3. The summed E-state index contributed by atoms with van der Waals surface area (Å²) in [7, 11) is 0. The van der Waals surface area contributed by atoms with Gasteiger partial charge in [0.15, 0.2) is 0 Å². The van der Waals surface area contributed by atoms with Gasteiger partial charge in [0.25, 0.3) is 0 Å². The zero-order valence-electron chi connectivity index (χ0n) is 12.7. The molecule has 0 spiro atoms.